The Morgan fingerprint density at radius 2 is 1.75 bits per heavy atom. The molecule has 0 amide bonds. The second-order valence-electron chi connectivity index (χ2n) is 7.04. The molecule has 2 aliphatic rings. The van der Waals surface area contributed by atoms with Crippen molar-refractivity contribution in [1.29, 1.82) is 0 Å². The molecule has 0 aromatic rings. The largest absolute Gasteiger partial charge is 0.378 e. The maximum atomic E-state index is 5.76. The molecule has 2 rings (SSSR count). The summed E-state index contributed by atoms with van der Waals surface area (Å²) in [7, 11) is 0. The fourth-order valence-electron chi connectivity index (χ4n) is 3.84. The summed E-state index contributed by atoms with van der Waals surface area (Å²) in [4.78, 5) is 9.90. The summed E-state index contributed by atoms with van der Waals surface area (Å²) in [6, 6.07) is 0. The first kappa shape index (κ1) is 19.5. The maximum Gasteiger partial charge on any atom is 0.193 e. The van der Waals surface area contributed by atoms with E-state index in [4.69, 9.17) is 9.73 Å². The molecular formula is C19H38N4O. The normalized spacial score (nSPS) is 22.1. The summed E-state index contributed by atoms with van der Waals surface area (Å²) in [5.74, 6) is 1.97. The van der Waals surface area contributed by atoms with Crippen LogP contribution in [0, 0.1) is 5.92 Å². The molecule has 0 saturated carbocycles. The average molecular weight is 339 g/mol. The average Bonchev–Trinajstić information content (AvgIpc) is 2.62. The molecule has 140 valence electrons. The minimum Gasteiger partial charge on any atom is -0.378 e. The van der Waals surface area contributed by atoms with Gasteiger partial charge in [0.15, 0.2) is 5.96 Å². The van der Waals surface area contributed by atoms with Gasteiger partial charge in [-0.25, -0.2) is 0 Å². The Morgan fingerprint density at radius 3 is 2.33 bits per heavy atom. The molecule has 0 atom stereocenters. The Bertz CT molecular complexity index is 358. The van der Waals surface area contributed by atoms with Crippen molar-refractivity contribution in [1.82, 2.24) is 15.1 Å². The number of nitrogens with zero attached hydrogens (tertiary/aromatic N) is 3. The highest BCUT2D eigenvalue weighted by Crippen LogP contribution is 2.20. The van der Waals surface area contributed by atoms with Gasteiger partial charge in [0.05, 0.1) is 6.10 Å². The van der Waals surface area contributed by atoms with Crippen LogP contribution in [0.25, 0.3) is 0 Å². The fourth-order valence-corrected chi connectivity index (χ4v) is 3.84. The van der Waals surface area contributed by atoms with Gasteiger partial charge in [0.1, 0.15) is 0 Å². The van der Waals surface area contributed by atoms with Crippen molar-refractivity contribution >= 4 is 5.96 Å². The van der Waals surface area contributed by atoms with E-state index in [1.165, 1.54) is 38.9 Å². The Morgan fingerprint density at radius 1 is 1.04 bits per heavy atom. The Kier molecular flexibility index (Phi) is 8.89. The number of likely N-dealkylation sites (tertiary alicyclic amines) is 2. The van der Waals surface area contributed by atoms with Crippen molar-refractivity contribution in [2.75, 3.05) is 52.4 Å². The Labute approximate surface area is 148 Å². The number of nitrogens with one attached hydrogen (secondary N) is 1. The van der Waals surface area contributed by atoms with Crippen LogP contribution < -0.4 is 5.32 Å². The topological polar surface area (TPSA) is 40.1 Å². The number of ether oxygens (including phenoxy) is 1. The minimum atomic E-state index is 0.442. The Hall–Kier alpha value is -0.810. The molecule has 0 radical (unpaired) electrons. The number of hydrogen-bond acceptors (Lipinski definition) is 3. The Balaban J connectivity index is 1.74. The van der Waals surface area contributed by atoms with Crippen molar-refractivity contribution in [2.24, 2.45) is 10.9 Å². The van der Waals surface area contributed by atoms with E-state index in [0.29, 0.717) is 6.10 Å². The molecule has 0 aromatic heterocycles. The van der Waals surface area contributed by atoms with Crippen LogP contribution >= 0.6 is 0 Å². The monoisotopic (exact) mass is 338 g/mol. The van der Waals surface area contributed by atoms with Gasteiger partial charge in [-0.05, 0) is 71.5 Å². The first-order chi connectivity index (χ1) is 11.8. The van der Waals surface area contributed by atoms with Crippen LogP contribution in [0.3, 0.4) is 0 Å². The van der Waals surface area contributed by atoms with E-state index in [1.807, 2.05) is 0 Å². The second-order valence-corrected chi connectivity index (χ2v) is 7.04. The van der Waals surface area contributed by atoms with Crippen molar-refractivity contribution in [2.45, 2.75) is 59.0 Å². The smallest absolute Gasteiger partial charge is 0.193 e. The van der Waals surface area contributed by atoms with E-state index in [2.05, 4.69) is 35.9 Å². The maximum absolute atomic E-state index is 5.76. The van der Waals surface area contributed by atoms with Crippen molar-refractivity contribution in [3.05, 3.63) is 0 Å². The number of piperidine rings is 2. The van der Waals surface area contributed by atoms with Crippen LogP contribution in [0.1, 0.15) is 52.9 Å². The second kappa shape index (κ2) is 10.9. The van der Waals surface area contributed by atoms with Crippen LogP contribution in [-0.2, 0) is 4.74 Å². The predicted octanol–water partition coefficient (Wildman–Crippen LogP) is 2.57. The quantitative estimate of drug-likeness (QED) is 0.572. The lowest BCUT2D eigenvalue weighted by Crippen LogP contribution is -2.47. The van der Waals surface area contributed by atoms with Crippen LogP contribution in [0.2, 0.25) is 0 Å². The molecule has 0 aliphatic carbocycles. The third-order valence-electron chi connectivity index (χ3n) is 5.43. The van der Waals surface area contributed by atoms with Gasteiger partial charge in [0, 0.05) is 32.8 Å². The van der Waals surface area contributed by atoms with Gasteiger partial charge in [-0.1, -0.05) is 6.92 Å². The molecule has 2 fully saturated rings. The summed E-state index contributed by atoms with van der Waals surface area (Å²) >= 11 is 0. The lowest BCUT2D eigenvalue weighted by atomic mass is 9.94. The third-order valence-corrected chi connectivity index (χ3v) is 5.43. The van der Waals surface area contributed by atoms with Gasteiger partial charge in [-0.15, -0.1) is 0 Å². The van der Waals surface area contributed by atoms with E-state index in [-0.39, 0.29) is 0 Å². The summed E-state index contributed by atoms with van der Waals surface area (Å²) in [5.41, 5.74) is 0. The van der Waals surface area contributed by atoms with Crippen molar-refractivity contribution in [3.8, 4) is 0 Å². The van der Waals surface area contributed by atoms with E-state index >= 15 is 0 Å². The first-order valence-corrected chi connectivity index (χ1v) is 10.1. The SMILES string of the molecule is CCNC(=NCCC1CCN(CC)CC1)N1CCC(OCC)CC1. The fraction of sp³-hybridized carbons (Fsp3) is 0.947. The number of aliphatic imine (C=N–C) groups is 1. The zero-order chi connectivity index (χ0) is 17.2. The highest BCUT2D eigenvalue weighted by Gasteiger charge is 2.22. The lowest BCUT2D eigenvalue weighted by Gasteiger charge is -2.34. The lowest BCUT2D eigenvalue weighted by molar-refractivity contribution is 0.0263. The molecule has 2 heterocycles. The van der Waals surface area contributed by atoms with Crippen LogP contribution in [0.5, 0.6) is 0 Å². The van der Waals surface area contributed by atoms with Gasteiger partial charge in [0.2, 0.25) is 0 Å². The van der Waals surface area contributed by atoms with E-state index in [0.717, 1.165) is 57.5 Å². The molecule has 0 unspecified atom stereocenters. The molecule has 5 nitrogen and oxygen atoms in total. The summed E-state index contributed by atoms with van der Waals surface area (Å²) in [5, 5.41) is 3.48. The molecule has 0 bridgehead atoms. The molecule has 5 heteroatoms. The van der Waals surface area contributed by atoms with E-state index in [1.54, 1.807) is 0 Å². The summed E-state index contributed by atoms with van der Waals surface area (Å²) in [6.45, 7) is 15.1. The van der Waals surface area contributed by atoms with Crippen LogP contribution in [-0.4, -0.2) is 74.3 Å². The van der Waals surface area contributed by atoms with Crippen LogP contribution in [0.4, 0.5) is 0 Å². The van der Waals surface area contributed by atoms with Gasteiger partial charge < -0.3 is 19.9 Å². The van der Waals surface area contributed by atoms with Crippen molar-refractivity contribution < 1.29 is 4.74 Å². The molecule has 2 saturated heterocycles. The highest BCUT2D eigenvalue weighted by atomic mass is 16.5. The summed E-state index contributed by atoms with van der Waals surface area (Å²) < 4.78 is 5.76. The zero-order valence-electron chi connectivity index (χ0n) is 16.1. The standard InChI is InChI=1S/C19H38N4O/c1-4-20-19(23-15-10-18(11-16-23)24-6-3)21-12-7-17-8-13-22(5-2)14-9-17/h17-18H,4-16H2,1-3H3,(H,20,21). The van der Waals surface area contributed by atoms with Crippen LogP contribution in [0.15, 0.2) is 4.99 Å². The predicted molar refractivity (Wildman–Crippen MR) is 102 cm³/mol. The van der Waals surface area contributed by atoms with Gasteiger partial charge in [-0.2, -0.15) is 0 Å². The summed E-state index contributed by atoms with van der Waals surface area (Å²) in [6.07, 6.45) is 6.61. The van der Waals surface area contributed by atoms with Gasteiger partial charge >= 0.3 is 0 Å². The molecular weight excluding hydrogens is 300 g/mol. The molecule has 0 spiro atoms. The number of hydrogen-bond donors (Lipinski definition) is 1. The minimum absolute atomic E-state index is 0.442. The number of rotatable bonds is 7. The number of guanidine groups is 1. The molecule has 1 N–H and O–H groups in total. The zero-order valence-corrected chi connectivity index (χ0v) is 16.1. The highest BCUT2D eigenvalue weighted by molar-refractivity contribution is 5.80. The van der Waals surface area contributed by atoms with Gasteiger partial charge in [0.25, 0.3) is 0 Å². The molecule has 2 aliphatic heterocycles. The van der Waals surface area contributed by atoms with E-state index in [9.17, 15) is 0 Å². The van der Waals surface area contributed by atoms with E-state index < -0.39 is 0 Å². The molecule has 24 heavy (non-hydrogen) atoms. The van der Waals surface area contributed by atoms with Gasteiger partial charge in [-0.3, -0.25) is 4.99 Å². The molecule has 0 aromatic carbocycles. The first-order valence-electron chi connectivity index (χ1n) is 10.1. The van der Waals surface area contributed by atoms with Crippen molar-refractivity contribution in [3.63, 3.8) is 0 Å². The third kappa shape index (κ3) is 6.25.